The van der Waals surface area contributed by atoms with Crippen LogP contribution in [-0.2, 0) is 11.2 Å². The number of carbonyl (C=O) groups excluding carboxylic acids is 1. The van der Waals surface area contributed by atoms with E-state index in [-0.39, 0.29) is 11.7 Å². The molecule has 0 aliphatic carbocycles. The molecule has 108 valence electrons. The zero-order chi connectivity index (χ0) is 14.1. The molecule has 0 radical (unpaired) electrons. The Labute approximate surface area is 118 Å². The Hall–Kier alpha value is -1.46. The largest absolute Gasteiger partial charge is 0.312 e. The van der Waals surface area contributed by atoms with Crippen molar-refractivity contribution in [3.8, 4) is 0 Å². The number of benzene rings is 1. The van der Waals surface area contributed by atoms with Crippen molar-refractivity contribution in [2.24, 2.45) is 0 Å². The molecular weight excluding hydrogens is 257 g/mol. The molecule has 0 saturated carbocycles. The fraction of sp³-hybridized carbons (Fsp3) is 0.533. The molecule has 2 aliphatic rings. The Morgan fingerprint density at radius 2 is 2.30 bits per heavy atom. The van der Waals surface area contributed by atoms with Crippen molar-refractivity contribution in [1.29, 1.82) is 0 Å². The summed E-state index contributed by atoms with van der Waals surface area (Å²) in [6.07, 6.45) is 0.819. The Morgan fingerprint density at radius 1 is 1.45 bits per heavy atom. The number of anilines is 1. The number of hydrogen-bond acceptors (Lipinski definition) is 3. The number of rotatable bonds is 2. The Bertz CT molecular complexity index is 520. The lowest BCUT2D eigenvalue weighted by atomic mass is 10.2. The van der Waals surface area contributed by atoms with Gasteiger partial charge in [0.05, 0.1) is 6.54 Å². The Morgan fingerprint density at radius 3 is 3.10 bits per heavy atom. The van der Waals surface area contributed by atoms with Crippen molar-refractivity contribution in [2.45, 2.75) is 19.4 Å². The fourth-order valence-electron chi connectivity index (χ4n) is 3.04. The summed E-state index contributed by atoms with van der Waals surface area (Å²) in [5.41, 5.74) is 1.81. The number of piperazine rings is 1. The zero-order valence-electron chi connectivity index (χ0n) is 11.7. The van der Waals surface area contributed by atoms with Crippen LogP contribution in [0.5, 0.6) is 0 Å². The van der Waals surface area contributed by atoms with Crippen molar-refractivity contribution in [2.75, 3.05) is 37.6 Å². The molecule has 2 aliphatic heterocycles. The van der Waals surface area contributed by atoms with Crippen LogP contribution in [0.4, 0.5) is 10.1 Å². The fourth-order valence-corrected chi connectivity index (χ4v) is 3.04. The highest BCUT2D eigenvalue weighted by atomic mass is 19.1. The molecule has 0 unspecified atom stereocenters. The quantitative estimate of drug-likeness (QED) is 0.876. The highest BCUT2D eigenvalue weighted by Crippen LogP contribution is 2.28. The first-order valence-corrected chi connectivity index (χ1v) is 7.18. The van der Waals surface area contributed by atoms with Gasteiger partial charge in [0, 0.05) is 37.9 Å². The SMILES string of the molecule is C[C@@H]1CN(CC(=O)N2CCc3ccc(F)cc32)CCN1. The van der Waals surface area contributed by atoms with E-state index in [2.05, 4.69) is 17.1 Å². The van der Waals surface area contributed by atoms with E-state index in [0.29, 0.717) is 19.1 Å². The molecular formula is C15H20FN3O. The number of halogens is 1. The second kappa shape index (κ2) is 5.50. The van der Waals surface area contributed by atoms with E-state index in [1.54, 1.807) is 11.0 Å². The van der Waals surface area contributed by atoms with Crippen LogP contribution in [-0.4, -0.2) is 49.6 Å². The van der Waals surface area contributed by atoms with Crippen LogP contribution < -0.4 is 10.2 Å². The molecule has 5 heteroatoms. The first kappa shape index (κ1) is 13.5. The number of hydrogen-bond donors (Lipinski definition) is 1. The van der Waals surface area contributed by atoms with Crippen molar-refractivity contribution >= 4 is 11.6 Å². The topological polar surface area (TPSA) is 35.6 Å². The maximum atomic E-state index is 13.4. The molecule has 2 heterocycles. The maximum absolute atomic E-state index is 13.4. The highest BCUT2D eigenvalue weighted by molar-refractivity contribution is 5.96. The van der Waals surface area contributed by atoms with Gasteiger partial charge in [-0.05, 0) is 31.0 Å². The van der Waals surface area contributed by atoms with Crippen LogP contribution in [0.3, 0.4) is 0 Å². The predicted octanol–water partition coefficient (Wildman–Crippen LogP) is 1.01. The van der Waals surface area contributed by atoms with Gasteiger partial charge in [-0.15, -0.1) is 0 Å². The lowest BCUT2D eigenvalue weighted by Gasteiger charge is -2.32. The van der Waals surface area contributed by atoms with Gasteiger partial charge in [0.1, 0.15) is 5.82 Å². The van der Waals surface area contributed by atoms with Crippen molar-refractivity contribution in [1.82, 2.24) is 10.2 Å². The van der Waals surface area contributed by atoms with E-state index in [0.717, 1.165) is 37.3 Å². The molecule has 1 fully saturated rings. The number of amides is 1. The third-order valence-corrected chi connectivity index (χ3v) is 4.06. The molecule has 1 saturated heterocycles. The number of carbonyl (C=O) groups is 1. The monoisotopic (exact) mass is 277 g/mol. The zero-order valence-corrected chi connectivity index (χ0v) is 11.7. The summed E-state index contributed by atoms with van der Waals surface area (Å²) in [6, 6.07) is 5.14. The van der Waals surface area contributed by atoms with Crippen LogP contribution in [0.15, 0.2) is 18.2 Å². The average Bonchev–Trinajstić information content (AvgIpc) is 2.81. The minimum atomic E-state index is -0.278. The third-order valence-electron chi connectivity index (χ3n) is 4.06. The van der Waals surface area contributed by atoms with Gasteiger partial charge in [0.15, 0.2) is 0 Å². The minimum absolute atomic E-state index is 0.0726. The first-order valence-electron chi connectivity index (χ1n) is 7.18. The number of nitrogens with zero attached hydrogens (tertiary/aromatic N) is 2. The highest BCUT2D eigenvalue weighted by Gasteiger charge is 2.27. The molecule has 0 bridgehead atoms. The minimum Gasteiger partial charge on any atom is -0.312 e. The molecule has 0 aromatic heterocycles. The number of fused-ring (bicyclic) bond motifs is 1. The van der Waals surface area contributed by atoms with Gasteiger partial charge in [0.25, 0.3) is 0 Å². The van der Waals surface area contributed by atoms with Crippen LogP contribution in [0, 0.1) is 5.82 Å². The molecule has 1 aromatic rings. The Balaban J connectivity index is 1.69. The molecule has 4 nitrogen and oxygen atoms in total. The summed E-state index contributed by atoms with van der Waals surface area (Å²) in [4.78, 5) is 16.3. The molecule has 0 spiro atoms. The lowest BCUT2D eigenvalue weighted by molar-refractivity contribution is -0.119. The summed E-state index contributed by atoms with van der Waals surface area (Å²) < 4.78 is 13.4. The summed E-state index contributed by atoms with van der Waals surface area (Å²) in [5, 5.41) is 3.36. The van der Waals surface area contributed by atoms with Crippen LogP contribution >= 0.6 is 0 Å². The summed E-state index contributed by atoms with van der Waals surface area (Å²) in [7, 11) is 0. The molecule has 1 aromatic carbocycles. The van der Waals surface area contributed by atoms with Gasteiger partial charge in [0.2, 0.25) is 5.91 Å². The van der Waals surface area contributed by atoms with Gasteiger partial charge in [-0.3, -0.25) is 9.69 Å². The molecule has 1 atom stereocenters. The summed E-state index contributed by atoms with van der Waals surface area (Å²) >= 11 is 0. The predicted molar refractivity (Wildman–Crippen MR) is 76.4 cm³/mol. The van der Waals surface area contributed by atoms with Crippen LogP contribution in [0.25, 0.3) is 0 Å². The van der Waals surface area contributed by atoms with Gasteiger partial charge in [-0.1, -0.05) is 6.07 Å². The second-order valence-corrected chi connectivity index (χ2v) is 5.66. The van der Waals surface area contributed by atoms with Crippen molar-refractivity contribution in [3.63, 3.8) is 0 Å². The van der Waals surface area contributed by atoms with Gasteiger partial charge in [-0.2, -0.15) is 0 Å². The second-order valence-electron chi connectivity index (χ2n) is 5.66. The summed E-state index contributed by atoms with van der Waals surface area (Å²) in [5.74, 6) is -0.206. The van der Waals surface area contributed by atoms with E-state index >= 15 is 0 Å². The molecule has 20 heavy (non-hydrogen) atoms. The molecule has 3 rings (SSSR count). The number of nitrogens with one attached hydrogen (secondary N) is 1. The maximum Gasteiger partial charge on any atom is 0.241 e. The van der Waals surface area contributed by atoms with Gasteiger partial charge < -0.3 is 10.2 Å². The first-order chi connectivity index (χ1) is 9.63. The lowest BCUT2D eigenvalue weighted by Crippen LogP contribution is -2.52. The van der Waals surface area contributed by atoms with E-state index < -0.39 is 0 Å². The van der Waals surface area contributed by atoms with E-state index in [1.807, 2.05) is 0 Å². The third kappa shape index (κ3) is 2.69. The summed E-state index contributed by atoms with van der Waals surface area (Å²) in [6.45, 7) is 5.90. The van der Waals surface area contributed by atoms with Crippen molar-refractivity contribution < 1.29 is 9.18 Å². The van der Waals surface area contributed by atoms with Crippen molar-refractivity contribution in [3.05, 3.63) is 29.6 Å². The van der Waals surface area contributed by atoms with E-state index in [1.165, 1.54) is 12.1 Å². The van der Waals surface area contributed by atoms with E-state index in [4.69, 9.17) is 0 Å². The van der Waals surface area contributed by atoms with E-state index in [9.17, 15) is 9.18 Å². The van der Waals surface area contributed by atoms with Gasteiger partial charge >= 0.3 is 0 Å². The molecule has 1 N–H and O–H groups in total. The smallest absolute Gasteiger partial charge is 0.241 e. The molecule has 1 amide bonds. The standard InChI is InChI=1S/C15H20FN3O/c1-11-9-18(7-5-17-11)10-15(20)19-6-4-12-2-3-13(16)8-14(12)19/h2-3,8,11,17H,4-7,9-10H2,1H3/t11-/m1/s1. The van der Waals surface area contributed by atoms with Crippen LogP contribution in [0.1, 0.15) is 12.5 Å². The normalized spacial score (nSPS) is 22.9. The average molecular weight is 277 g/mol. The Kier molecular flexibility index (Phi) is 3.72. The van der Waals surface area contributed by atoms with Crippen LogP contribution in [0.2, 0.25) is 0 Å². The van der Waals surface area contributed by atoms with Gasteiger partial charge in [-0.25, -0.2) is 4.39 Å².